The minimum absolute atomic E-state index is 0.859. The highest BCUT2D eigenvalue weighted by Crippen LogP contribution is 2.29. The molecule has 1 aromatic carbocycles. The molecule has 0 aliphatic heterocycles. The number of nitrogens with one attached hydrogen (secondary N) is 1. The molecule has 0 saturated carbocycles. The van der Waals surface area contributed by atoms with Gasteiger partial charge < -0.3 is 5.32 Å². The van der Waals surface area contributed by atoms with Crippen molar-refractivity contribution in [3.63, 3.8) is 0 Å². The zero-order valence-electron chi connectivity index (χ0n) is 13.1. The van der Waals surface area contributed by atoms with Crippen LogP contribution in [-0.2, 0) is 6.42 Å². The highest BCUT2D eigenvalue weighted by molar-refractivity contribution is 7.98. The first-order valence-corrected chi connectivity index (χ1v) is 8.81. The summed E-state index contributed by atoms with van der Waals surface area (Å²) in [5.41, 5.74) is 3.66. The second-order valence-corrected chi connectivity index (χ2v) is 6.01. The number of pyridine rings is 2. The Labute approximate surface area is 141 Å². The predicted molar refractivity (Wildman–Crippen MR) is 97.9 cm³/mol. The van der Waals surface area contributed by atoms with Crippen LogP contribution in [0.2, 0.25) is 0 Å². The van der Waals surface area contributed by atoms with Gasteiger partial charge in [0.05, 0.1) is 0 Å². The van der Waals surface area contributed by atoms with Crippen molar-refractivity contribution in [3.8, 4) is 11.1 Å². The van der Waals surface area contributed by atoms with Crippen molar-refractivity contribution in [1.82, 2.24) is 9.97 Å². The Morgan fingerprint density at radius 1 is 1.00 bits per heavy atom. The summed E-state index contributed by atoms with van der Waals surface area (Å²) in [6.45, 7) is 0.859. The monoisotopic (exact) mass is 321 g/mol. The van der Waals surface area contributed by atoms with E-state index in [1.54, 1.807) is 11.8 Å². The molecule has 3 rings (SSSR count). The minimum atomic E-state index is 0.859. The van der Waals surface area contributed by atoms with Crippen LogP contribution in [0.15, 0.2) is 72.0 Å². The number of hydrogen-bond acceptors (Lipinski definition) is 4. The van der Waals surface area contributed by atoms with Gasteiger partial charge in [-0.05, 0) is 54.1 Å². The van der Waals surface area contributed by atoms with Crippen LogP contribution in [0.25, 0.3) is 11.1 Å². The Morgan fingerprint density at radius 2 is 1.83 bits per heavy atom. The van der Waals surface area contributed by atoms with Crippen molar-refractivity contribution < 1.29 is 0 Å². The van der Waals surface area contributed by atoms with E-state index in [1.165, 1.54) is 16.0 Å². The molecule has 1 N–H and O–H groups in total. The van der Waals surface area contributed by atoms with Crippen LogP contribution in [0.4, 0.5) is 5.82 Å². The Balaban J connectivity index is 1.63. The van der Waals surface area contributed by atoms with E-state index in [0.29, 0.717) is 0 Å². The zero-order chi connectivity index (χ0) is 15.9. The molecule has 0 fully saturated rings. The topological polar surface area (TPSA) is 37.8 Å². The molecule has 0 spiro atoms. The Morgan fingerprint density at radius 3 is 2.57 bits per heavy atom. The number of aromatic nitrogens is 2. The first kappa shape index (κ1) is 15.6. The lowest BCUT2D eigenvalue weighted by Crippen LogP contribution is -2.06. The fourth-order valence-corrected chi connectivity index (χ4v) is 3.05. The first-order valence-electron chi connectivity index (χ1n) is 7.59. The van der Waals surface area contributed by atoms with Crippen molar-refractivity contribution in [3.05, 3.63) is 72.7 Å². The van der Waals surface area contributed by atoms with Gasteiger partial charge in [-0.25, -0.2) is 4.98 Å². The van der Waals surface area contributed by atoms with E-state index < -0.39 is 0 Å². The van der Waals surface area contributed by atoms with Gasteiger partial charge in [0, 0.05) is 35.6 Å². The fraction of sp³-hybridized carbons (Fsp3) is 0.158. The van der Waals surface area contributed by atoms with E-state index >= 15 is 0 Å². The van der Waals surface area contributed by atoms with Crippen LogP contribution in [0, 0.1) is 0 Å². The van der Waals surface area contributed by atoms with Crippen LogP contribution >= 0.6 is 11.8 Å². The molecule has 0 aliphatic carbocycles. The third-order valence-corrected chi connectivity index (χ3v) is 4.45. The molecule has 0 atom stereocenters. The summed E-state index contributed by atoms with van der Waals surface area (Å²) in [4.78, 5) is 9.83. The van der Waals surface area contributed by atoms with Crippen molar-refractivity contribution in [1.29, 1.82) is 0 Å². The van der Waals surface area contributed by atoms with Crippen molar-refractivity contribution >= 4 is 17.6 Å². The average molecular weight is 321 g/mol. The molecule has 0 amide bonds. The fourth-order valence-electron chi connectivity index (χ4n) is 2.43. The highest BCUT2D eigenvalue weighted by atomic mass is 32.2. The third kappa shape index (κ3) is 4.11. The van der Waals surface area contributed by atoms with Gasteiger partial charge in [-0.1, -0.05) is 18.2 Å². The van der Waals surface area contributed by atoms with Gasteiger partial charge in [0.25, 0.3) is 0 Å². The summed E-state index contributed by atoms with van der Waals surface area (Å²) in [6, 6.07) is 16.7. The quantitative estimate of drug-likeness (QED) is 0.677. The molecule has 3 nitrogen and oxygen atoms in total. The molecule has 0 aliphatic rings. The summed E-state index contributed by atoms with van der Waals surface area (Å²) in [6.07, 6.45) is 8.64. The summed E-state index contributed by atoms with van der Waals surface area (Å²) in [5.74, 6) is 0.907. The molecule has 4 heteroatoms. The second-order valence-electron chi connectivity index (χ2n) is 5.16. The summed E-state index contributed by atoms with van der Waals surface area (Å²) in [5, 5.41) is 3.36. The van der Waals surface area contributed by atoms with Crippen LogP contribution in [0.1, 0.15) is 5.56 Å². The normalized spacial score (nSPS) is 10.5. The average Bonchev–Trinajstić information content (AvgIpc) is 2.63. The smallest absolute Gasteiger partial charge is 0.125 e. The second kappa shape index (κ2) is 7.79. The highest BCUT2D eigenvalue weighted by Gasteiger charge is 2.04. The number of anilines is 1. The maximum atomic E-state index is 4.53. The molecule has 2 aromatic heterocycles. The molecule has 3 aromatic rings. The number of benzene rings is 1. The van der Waals surface area contributed by atoms with E-state index in [2.05, 4.69) is 51.9 Å². The lowest BCUT2D eigenvalue weighted by molar-refractivity contribution is 1.00. The summed E-state index contributed by atoms with van der Waals surface area (Å²) < 4.78 is 0. The number of nitrogens with zero attached hydrogens (tertiary/aromatic N) is 2. The van der Waals surface area contributed by atoms with Crippen molar-refractivity contribution in [2.75, 3.05) is 18.1 Å². The van der Waals surface area contributed by atoms with E-state index in [0.717, 1.165) is 24.3 Å². The molecule has 0 unspecified atom stereocenters. The Kier molecular flexibility index (Phi) is 5.27. The molecule has 2 heterocycles. The standard InChI is InChI=1S/C19H19N3S/c1-23-18-5-3-2-4-17(18)16-6-7-19(22-14-16)21-13-10-15-8-11-20-12-9-15/h2-9,11-12,14H,10,13H2,1H3,(H,21,22). The Bertz CT molecular complexity index is 742. The van der Waals surface area contributed by atoms with E-state index in [9.17, 15) is 0 Å². The predicted octanol–water partition coefficient (Wildman–Crippen LogP) is 4.52. The molecule has 0 saturated heterocycles. The van der Waals surface area contributed by atoms with Gasteiger partial charge in [-0.3, -0.25) is 4.98 Å². The van der Waals surface area contributed by atoms with Crippen LogP contribution < -0.4 is 5.32 Å². The maximum Gasteiger partial charge on any atom is 0.125 e. The van der Waals surface area contributed by atoms with E-state index in [-0.39, 0.29) is 0 Å². The van der Waals surface area contributed by atoms with Crippen molar-refractivity contribution in [2.45, 2.75) is 11.3 Å². The SMILES string of the molecule is CSc1ccccc1-c1ccc(NCCc2ccncc2)nc1. The lowest BCUT2D eigenvalue weighted by atomic mass is 10.1. The van der Waals surface area contributed by atoms with Gasteiger partial charge in [-0.2, -0.15) is 0 Å². The molecule has 0 bridgehead atoms. The van der Waals surface area contributed by atoms with Gasteiger partial charge in [-0.15, -0.1) is 11.8 Å². The van der Waals surface area contributed by atoms with Crippen LogP contribution in [0.3, 0.4) is 0 Å². The number of thioether (sulfide) groups is 1. The van der Waals surface area contributed by atoms with E-state index in [1.807, 2.05) is 36.8 Å². The minimum Gasteiger partial charge on any atom is -0.370 e. The van der Waals surface area contributed by atoms with Crippen LogP contribution in [0.5, 0.6) is 0 Å². The lowest BCUT2D eigenvalue weighted by Gasteiger charge is -2.09. The molecule has 0 radical (unpaired) electrons. The van der Waals surface area contributed by atoms with Gasteiger partial charge >= 0.3 is 0 Å². The molecular weight excluding hydrogens is 302 g/mol. The first-order chi connectivity index (χ1) is 11.4. The number of rotatable bonds is 6. The number of hydrogen-bond donors (Lipinski definition) is 1. The summed E-state index contributed by atoms with van der Waals surface area (Å²) >= 11 is 1.76. The summed E-state index contributed by atoms with van der Waals surface area (Å²) in [7, 11) is 0. The third-order valence-electron chi connectivity index (χ3n) is 3.65. The van der Waals surface area contributed by atoms with Gasteiger partial charge in [0.1, 0.15) is 5.82 Å². The van der Waals surface area contributed by atoms with Crippen LogP contribution in [-0.4, -0.2) is 22.8 Å². The Hall–Kier alpha value is -2.33. The zero-order valence-corrected chi connectivity index (χ0v) is 13.9. The molecule has 116 valence electrons. The molecule has 23 heavy (non-hydrogen) atoms. The van der Waals surface area contributed by atoms with Gasteiger partial charge in [0.15, 0.2) is 0 Å². The molecular formula is C19H19N3S. The van der Waals surface area contributed by atoms with Crippen molar-refractivity contribution in [2.24, 2.45) is 0 Å². The van der Waals surface area contributed by atoms with Gasteiger partial charge in [0.2, 0.25) is 0 Å². The van der Waals surface area contributed by atoms with E-state index in [4.69, 9.17) is 0 Å². The maximum absolute atomic E-state index is 4.53. The largest absolute Gasteiger partial charge is 0.370 e.